The minimum atomic E-state index is 0.527. The third kappa shape index (κ3) is 2.52. The van der Waals surface area contributed by atoms with Gasteiger partial charge in [0.25, 0.3) is 0 Å². The van der Waals surface area contributed by atoms with Crippen molar-refractivity contribution in [3.05, 3.63) is 28.2 Å². The Kier molecular flexibility index (Phi) is 3.65. The molecule has 0 bridgehead atoms. The van der Waals surface area contributed by atoms with Gasteiger partial charge < -0.3 is 10.5 Å². The van der Waals surface area contributed by atoms with Crippen LogP contribution in [0.1, 0.15) is 24.8 Å². The summed E-state index contributed by atoms with van der Waals surface area (Å²) in [7, 11) is 0. The molecule has 1 aliphatic carbocycles. The van der Waals surface area contributed by atoms with E-state index >= 15 is 0 Å². The molecule has 1 aliphatic rings. The highest BCUT2D eigenvalue weighted by atomic mass is 79.9. The van der Waals surface area contributed by atoms with Crippen molar-refractivity contribution < 1.29 is 4.74 Å². The molecule has 82 valence electrons. The molecule has 1 saturated carbocycles. The molecule has 0 atom stereocenters. The van der Waals surface area contributed by atoms with E-state index in [0.717, 1.165) is 28.3 Å². The molecule has 0 spiro atoms. The standard InChI is InChI=1S/C12H16BrNO/c13-11-6-2-5-10(7-14)12(11)15-8-9-3-1-4-9/h2,5-6,9H,1,3-4,7-8,14H2. The zero-order valence-corrected chi connectivity index (χ0v) is 10.3. The highest BCUT2D eigenvalue weighted by molar-refractivity contribution is 9.10. The Bertz CT molecular complexity index is 336. The smallest absolute Gasteiger partial charge is 0.137 e. The second-order valence-electron chi connectivity index (χ2n) is 4.04. The van der Waals surface area contributed by atoms with Crippen molar-refractivity contribution in [2.75, 3.05) is 6.61 Å². The lowest BCUT2D eigenvalue weighted by Gasteiger charge is -2.26. The van der Waals surface area contributed by atoms with Crippen LogP contribution in [0.15, 0.2) is 22.7 Å². The molecule has 1 aromatic rings. The van der Waals surface area contributed by atoms with Crippen molar-refractivity contribution >= 4 is 15.9 Å². The fourth-order valence-corrected chi connectivity index (χ4v) is 2.26. The number of benzene rings is 1. The topological polar surface area (TPSA) is 35.2 Å². The van der Waals surface area contributed by atoms with Gasteiger partial charge in [0.1, 0.15) is 5.75 Å². The van der Waals surface area contributed by atoms with Gasteiger partial charge in [0.15, 0.2) is 0 Å². The number of rotatable bonds is 4. The number of hydrogen-bond donors (Lipinski definition) is 1. The van der Waals surface area contributed by atoms with Gasteiger partial charge in [0, 0.05) is 12.1 Å². The van der Waals surface area contributed by atoms with E-state index in [9.17, 15) is 0 Å². The van der Waals surface area contributed by atoms with Gasteiger partial charge in [-0.2, -0.15) is 0 Å². The van der Waals surface area contributed by atoms with Gasteiger partial charge in [-0.25, -0.2) is 0 Å². The summed E-state index contributed by atoms with van der Waals surface area (Å²) in [5.74, 6) is 1.68. The highest BCUT2D eigenvalue weighted by Gasteiger charge is 2.19. The molecule has 2 N–H and O–H groups in total. The molecule has 1 aromatic carbocycles. The molecule has 0 heterocycles. The molecule has 2 rings (SSSR count). The van der Waals surface area contributed by atoms with Gasteiger partial charge >= 0.3 is 0 Å². The molecule has 3 heteroatoms. The van der Waals surface area contributed by atoms with Crippen LogP contribution in [0.25, 0.3) is 0 Å². The van der Waals surface area contributed by atoms with E-state index in [4.69, 9.17) is 10.5 Å². The molecule has 0 aliphatic heterocycles. The van der Waals surface area contributed by atoms with Gasteiger partial charge in [0.05, 0.1) is 11.1 Å². The van der Waals surface area contributed by atoms with Crippen LogP contribution in [0.2, 0.25) is 0 Å². The average Bonchev–Trinajstić information content (AvgIpc) is 2.17. The van der Waals surface area contributed by atoms with Crippen molar-refractivity contribution in [2.24, 2.45) is 11.7 Å². The maximum absolute atomic E-state index is 5.84. The summed E-state index contributed by atoms with van der Waals surface area (Å²) >= 11 is 3.50. The Morgan fingerprint density at radius 2 is 2.20 bits per heavy atom. The number of para-hydroxylation sites is 1. The second-order valence-corrected chi connectivity index (χ2v) is 4.89. The van der Waals surface area contributed by atoms with Crippen LogP contribution in [0.3, 0.4) is 0 Å². The van der Waals surface area contributed by atoms with Gasteiger partial charge in [0.2, 0.25) is 0 Å². The summed E-state index contributed by atoms with van der Waals surface area (Å²) in [6.07, 6.45) is 3.97. The van der Waals surface area contributed by atoms with E-state index in [0.29, 0.717) is 6.54 Å². The van der Waals surface area contributed by atoms with E-state index in [-0.39, 0.29) is 0 Å². The number of ether oxygens (including phenoxy) is 1. The number of nitrogens with two attached hydrogens (primary N) is 1. The van der Waals surface area contributed by atoms with Crippen molar-refractivity contribution in [1.29, 1.82) is 0 Å². The third-order valence-corrected chi connectivity index (χ3v) is 3.58. The zero-order chi connectivity index (χ0) is 10.7. The molecule has 0 aromatic heterocycles. The van der Waals surface area contributed by atoms with Crippen molar-refractivity contribution in [2.45, 2.75) is 25.8 Å². The normalized spacial score (nSPS) is 16.1. The Morgan fingerprint density at radius 1 is 1.40 bits per heavy atom. The molecule has 0 amide bonds. The Balaban J connectivity index is 2.04. The first-order chi connectivity index (χ1) is 7.31. The first-order valence-electron chi connectivity index (χ1n) is 5.41. The zero-order valence-electron chi connectivity index (χ0n) is 8.71. The summed E-state index contributed by atoms with van der Waals surface area (Å²) in [6.45, 7) is 1.36. The van der Waals surface area contributed by atoms with Crippen LogP contribution in [-0.4, -0.2) is 6.61 Å². The lowest BCUT2D eigenvalue weighted by atomic mass is 9.86. The minimum absolute atomic E-state index is 0.527. The van der Waals surface area contributed by atoms with E-state index in [1.165, 1.54) is 19.3 Å². The second kappa shape index (κ2) is 4.99. The van der Waals surface area contributed by atoms with Crippen LogP contribution in [-0.2, 0) is 6.54 Å². The quantitative estimate of drug-likeness (QED) is 0.912. The van der Waals surface area contributed by atoms with Crippen molar-refractivity contribution in [3.8, 4) is 5.75 Å². The van der Waals surface area contributed by atoms with Crippen molar-refractivity contribution in [3.63, 3.8) is 0 Å². The summed E-state index contributed by atoms with van der Waals surface area (Å²) in [5.41, 5.74) is 6.74. The van der Waals surface area contributed by atoms with Crippen molar-refractivity contribution in [1.82, 2.24) is 0 Å². The van der Waals surface area contributed by atoms with Gasteiger partial charge in [-0.3, -0.25) is 0 Å². The summed E-state index contributed by atoms with van der Waals surface area (Å²) < 4.78 is 6.84. The summed E-state index contributed by atoms with van der Waals surface area (Å²) in [6, 6.07) is 6.00. The van der Waals surface area contributed by atoms with Crippen LogP contribution < -0.4 is 10.5 Å². The molecule has 0 radical (unpaired) electrons. The van der Waals surface area contributed by atoms with E-state index in [1.54, 1.807) is 0 Å². The predicted molar refractivity (Wildman–Crippen MR) is 64.9 cm³/mol. The largest absolute Gasteiger partial charge is 0.492 e. The highest BCUT2D eigenvalue weighted by Crippen LogP contribution is 2.32. The molecular formula is C12H16BrNO. The molecule has 0 saturated heterocycles. The number of hydrogen-bond acceptors (Lipinski definition) is 2. The van der Waals surface area contributed by atoms with E-state index in [1.807, 2.05) is 18.2 Å². The molecule has 15 heavy (non-hydrogen) atoms. The third-order valence-electron chi connectivity index (χ3n) is 2.96. The van der Waals surface area contributed by atoms with E-state index in [2.05, 4.69) is 15.9 Å². The monoisotopic (exact) mass is 269 g/mol. The van der Waals surface area contributed by atoms with E-state index < -0.39 is 0 Å². The maximum Gasteiger partial charge on any atom is 0.137 e. The maximum atomic E-state index is 5.84. The minimum Gasteiger partial charge on any atom is -0.492 e. The van der Waals surface area contributed by atoms with Crippen LogP contribution in [0.4, 0.5) is 0 Å². The Labute approximate surface area is 98.9 Å². The molecule has 0 unspecified atom stereocenters. The Hall–Kier alpha value is -0.540. The molecule has 2 nitrogen and oxygen atoms in total. The fraction of sp³-hybridized carbons (Fsp3) is 0.500. The first-order valence-corrected chi connectivity index (χ1v) is 6.21. The van der Waals surface area contributed by atoms with Crippen LogP contribution in [0.5, 0.6) is 5.75 Å². The fourth-order valence-electron chi connectivity index (χ4n) is 1.74. The van der Waals surface area contributed by atoms with Gasteiger partial charge in [-0.05, 0) is 40.8 Å². The summed E-state index contributed by atoms with van der Waals surface area (Å²) in [4.78, 5) is 0. The van der Waals surface area contributed by atoms with Gasteiger partial charge in [-0.15, -0.1) is 0 Å². The van der Waals surface area contributed by atoms with Crippen LogP contribution >= 0.6 is 15.9 Å². The molecule has 1 fully saturated rings. The predicted octanol–water partition coefficient (Wildman–Crippen LogP) is 3.09. The van der Waals surface area contributed by atoms with Gasteiger partial charge in [-0.1, -0.05) is 18.6 Å². The SMILES string of the molecule is NCc1cccc(Br)c1OCC1CCC1. The number of halogens is 1. The average molecular weight is 270 g/mol. The summed E-state index contributed by atoms with van der Waals surface area (Å²) in [5, 5.41) is 0. The molecular weight excluding hydrogens is 254 g/mol. The van der Waals surface area contributed by atoms with Crippen LogP contribution in [0, 0.1) is 5.92 Å². The Morgan fingerprint density at radius 3 is 2.80 bits per heavy atom. The lowest BCUT2D eigenvalue weighted by molar-refractivity contribution is 0.178. The lowest BCUT2D eigenvalue weighted by Crippen LogP contribution is -2.20. The first kappa shape index (κ1) is 11.0.